The van der Waals surface area contributed by atoms with E-state index in [1.165, 1.54) is 0 Å². The van der Waals surface area contributed by atoms with E-state index in [-0.39, 0.29) is 18.2 Å². The lowest BCUT2D eigenvalue weighted by Gasteiger charge is -2.32. The second-order valence-corrected chi connectivity index (χ2v) is 5.87. The van der Waals surface area contributed by atoms with Gasteiger partial charge < -0.3 is 20.3 Å². The highest BCUT2D eigenvalue weighted by molar-refractivity contribution is 7.80. The zero-order valence-corrected chi connectivity index (χ0v) is 13.0. The fraction of sp³-hybridized carbons (Fsp3) is 0.643. The molecule has 0 aromatic carbocycles. The predicted octanol–water partition coefficient (Wildman–Crippen LogP) is 1.93. The number of nitrogens with two attached hydrogens (primary N) is 1. The molecule has 0 unspecified atom stereocenters. The Morgan fingerprint density at radius 1 is 1.48 bits per heavy atom. The Morgan fingerprint density at radius 3 is 2.71 bits per heavy atom. The normalized spacial score (nSPS) is 18.0. The molecule has 3 N–H and O–H groups in total. The number of nitrogens with one attached hydrogen (secondary N) is 1. The van der Waals surface area contributed by atoms with Gasteiger partial charge in [0.1, 0.15) is 6.61 Å². The number of ether oxygens (including phenoxy) is 1. The van der Waals surface area contributed by atoms with E-state index in [9.17, 15) is 4.79 Å². The Labute approximate surface area is 129 Å². The van der Waals surface area contributed by atoms with Crippen LogP contribution in [0.3, 0.4) is 0 Å². The summed E-state index contributed by atoms with van der Waals surface area (Å²) in [6.45, 7) is 0.278. The molecule has 0 radical (unpaired) electrons. The van der Waals surface area contributed by atoms with Crippen molar-refractivity contribution in [3.8, 4) is 0 Å². The van der Waals surface area contributed by atoms with Crippen LogP contribution in [0, 0.1) is 0 Å². The Balaban J connectivity index is 2.11. The maximum atomic E-state index is 12.4. The van der Waals surface area contributed by atoms with Gasteiger partial charge in [0.25, 0.3) is 5.91 Å². The van der Waals surface area contributed by atoms with Crippen LogP contribution < -0.4 is 11.1 Å². The van der Waals surface area contributed by atoms with Gasteiger partial charge in [0.2, 0.25) is 0 Å². The lowest BCUT2D eigenvalue weighted by atomic mass is 9.90. The van der Waals surface area contributed by atoms with Crippen LogP contribution in [0.25, 0.3) is 0 Å². The van der Waals surface area contributed by atoms with E-state index in [2.05, 4.69) is 10.5 Å². The average molecular weight is 311 g/mol. The highest BCUT2D eigenvalue weighted by Crippen LogP contribution is 2.28. The third kappa shape index (κ3) is 3.79. The van der Waals surface area contributed by atoms with Crippen LogP contribution in [0.2, 0.25) is 0 Å². The molecule has 0 atom stereocenters. The van der Waals surface area contributed by atoms with Crippen molar-refractivity contribution in [1.29, 1.82) is 0 Å². The minimum Gasteiger partial charge on any atom is -0.391 e. The third-order valence-electron chi connectivity index (χ3n) is 3.86. The highest BCUT2D eigenvalue weighted by atomic mass is 32.1. The van der Waals surface area contributed by atoms with Gasteiger partial charge in [-0.25, -0.2) is 0 Å². The minimum absolute atomic E-state index is 0.224. The van der Waals surface area contributed by atoms with E-state index in [1.54, 1.807) is 13.2 Å². The molecule has 1 heterocycles. The summed E-state index contributed by atoms with van der Waals surface area (Å²) in [7, 11) is 1.55. The van der Waals surface area contributed by atoms with E-state index in [0.717, 1.165) is 38.5 Å². The molecule has 1 aliphatic carbocycles. The van der Waals surface area contributed by atoms with Gasteiger partial charge in [-0.05, 0) is 12.8 Å². The molecular formula is C14H21N3O3S. The standard InChI is InChI=1S/C14H21N3O3S/c1-19-9-10-8-11(17-20-10)12(18)16-14(13(15)21)6-4-2-3-5-7-14/h8H,2-7,9H2,1H3,(H2,15,21)(H,16,18). The van der Waals surface area contributed by atoms with Crippen molar-refractivity contribution in [2.24, 2.45) is 5.73 Å². The molecule has 1 aromatic rings. The first-order valence-corrected chi connectivity index (χ1v) is 7.55. The lowest BCUT2D eigenvalue weighted by molar-refractivity contribution is 0.0907. The largest absolute Gasteiger partial charge is 0.391 e. The van der Waals surface area contributed by atoms with Crippen molar-refractivity contribution in [3.05, 3.63) is 17.5 Å². The SMILES string of the molecule is COCc1cc(C(=O)NC2(C(N)=S)CCCCCC2)no1. The highest BCUT2D eigenvalue weighted by Gasteiger charge is 2.36. The number of amides is 1. The predicted molar refractivity (Wildman–Crippen MR) is 81.9 cm³/mol. The third-order valence-corrected chi connectivity index (χ3v) is 4.25. The van der Waals surface area contributed by atoms with Crippen LogP contribution in [0.15, 0.2) is 10.6 Å². The number of aromatic nitrogens is 1. The summed E-state index contributed by atoms with van der Waals surface area (Å²) in [6, 6.07) is 1.57. The van der Waals surface area contributed by atoms with Gasteiger partial charge in [0.15, 0.2) is 11.5 Å². The monoisotopic (exact) mass is 311 g/mol. The summed E-state index contributed by atoms with van der Waals surface area (Å²) in [5.74, 6) is 0.198. The molecule has 0 saturated heterocycles. The molecular weight excluding hydrogens is 290 g/mol. The number of hydrogen-bond acceptors (Lipinski definition) is 5. The van der Waals surface area contributed by atoms with E-state index >= 15 is 0 Å². The lowest BCUT2D eigenvalue weighted by Crippen LogP contribution is -2.56. The van der Waals surface area contributed by atoms with Crippen LogP contribution in [0.1, 0.15) is 54.8 Å². The van der Waals surface area contributed by atoms with Crippen molar-refractivity contribution in [1.82, 2.24) is 10.5 Å². The van der Waals surface area contributed by atoms with Gasteiger partial charge in [-0.3, -0.25) is 4.79 Å². The summed E-state index contributed by atoms with van der Waals surface area (Å²) in [6.07, 6.45) is 5.84. The molecule has 0 bridgehead atoms. The second-order valence-electron chi connectivity index (χ2n) is 5.43. The molecule has 2 rings (SSSR count). The summed E-state index contributed by atoms with van der Waals surface area (Å²) >= 11 is 5.20. The van der Waals surface area contributed by atoms with Crippen molar-refractivity contribution in [2.75, 3.05) is 7.11 Å². The molecule has 1 aliphatic rings. The van der Waals surface area contributed by atoms with E-state index in [1.807, 2.05) is 0 Å². The number of rotatable bonds is 5. The van der Waals surface area contributed by atoms with E-state index < -0.39 is 5.54 Å². The van der Waals surface area contributed by atoms with Crippen LogP contribution in [-0.4, -0.2) is 28.7 Å². The van der Waals surface area contributed by atoms with Crippen molar-refractivity contribution in [3.63, 3.8) is 0 Å². The summed E-state index contributed by atoms with van der Waals surface area (Å²) < 4.78 is 9.97. The Hall–Kier alpha value is -1.47. The average Bonchev–Trinajstić information content (AvgIpc) is 2.78. The Kier molecular flexibility index (Phi) is 5.30. The topological polar surface area (TPSA) is 90.4 Å². The maximum Gasteiger partial charge on any atom is 0.274 e. The summed E-state index contributed by atoms with van der Waals surface area (Å²) in [4.78, 5) is 12.7. The fourth-order valence-electron chi connectivity index (χ4n) is 2.68. The smallest absolute Gasteiger partial charge is 0.274 e. The maximum absolute atomic E-state index is 12.4. The van der Waals surface area contributed by atoms with E-state index in [4.69, 9.17) is 27.2 Å². The van der Waals surface area contributed by atoms with Gasteiger partial charge in [-0.1, -0.05) is 43.1 Å². The van der Waals surface area contributed by atoms with Crippen molar-refractivity contribution < 1.29 is 14.1 Å². The molecule has 1 saturated carbocycles. The van der Waals surface area contributed by atoms with Crippen LogP contribution in [-0.2, 0) is 11.3 Å². The van der Waals surface area contributed by atoms with Crippen LogP contribution >= 0.6 is 12.2 Å². The number of thiocarbonyl (C=S) groups is 1. The quantitative estimate of drug-likeness (QED) is 0.638. The Morgan fingerprint density at radius 2 is 2.14 bits per heavy atom. The zero-order chi connectivity index (χ0) is 15.3. The number of methoxy groups -OCH3 is 1. The first-order valence-electron chi connectivity index (χ1n) is 7.14. The molecule has 6 nitrogen and oxygen atoms in total. The van der Waals surface area contributed by atoms with Crippen molar-refractivity contribution >= 4 is 23.1 Å². The van der Waals surface area contributed by atoms with Gasteiger partial charge in [-0.2, -0.15) is 0 Å². The van der Waals surface area contributed by atoms with Crippen LogP contribution in [0.4, 0.5) is 0 Å². The molecule has 21 heavy (non-hydrogen) atoms. The van der Waals surface area contributed by atoms with Gasteiger partial charge in [-0.15, -0.1) is 0 Å². The molecule has 0 spiro atoms. The number of carbonyl (C=O) groups is 1. The molecule has 7 heteroatoms. The molecule has 1 amide bonds. The molecule has 116 valence electrons. The molecule has 1 fully saturated rings. The summed E-state index contributed by atoms with van der Waals surface area (Å²) in [5.41, 5.74) is 5.52. The zero-order valence-electron chi connectivity index (χ0n) is 12.2. The summed E-state index contributed by atoms with van der Waals surface area (Å²) in [5, 5.41) is 6.74. The van der Waals surface area contributed by atoms with Gasteiger partial charge in [0, 0.05) is 13.2 Å². The first kappa shape index (κ1) is 15.9. The number of nitrogens with zero attached hydrogens (tertiary/aromatic N) is 1. The van der Waals surface area contributed by atoms with E-state index in [0.29, 0.717) is 10.7 Å². The fourth-order valence-corrected chi connectivity index (χ4v) is 2.93. The minimum atomic E-state index is -0.608. The second kappa shape index (κ2) is 7.00. The van der Waals surface area contributed by atoms with Crippen molar-refractivity contribution in [2.45, 2.75) is 50.7 Å². The van der Waals surface area contributed by atoms with Gasteiger partial charge in [0.05, 0.1) is 10.5 Å². The molecule has 1 aromatic heterocycles. The molecule has 0 aliphatic heterocycles. The number of hydrogen-bond donors (Lipinski definition) is 2. The first-order chi connectivity index (χ1) is 10.1. The van der Waals surface area contributed by atoms with Gasteiger partial charge >= 0.3 is 0 Å². The number of carbonyl (C=O) groups excluding carboxylic acids is 1. The Bertz CT molecular complexity index is 507. The van der Waals surface area contributed by atoms with Crippen LogP contribution in [0.5, 0.6) is 0 Å².